The first-order valence-corrected chi connectivity index (χ1v) is 10.9. The van der Waals surface area contributed by atoms with Crippen molar-refractivity contribution < 1.29 is 13.9 Å². The van der Waals surface area contributed by atoms with E-state index < -0.39 is 17.6 Å². The van der Waals surface area contributed by atoms with Gasteiger partial charge in [0.1, 0.15) is 23.4 Å². The van der Waals surface area contributed by atoms with Crippen molar-refractivity contribution in [1.82, 2.24) is 15.0 Å². The first kappa shape index (κ1) is 22.2. The third kappa shape index (κ3) is 4.08. The van der Waals surface area contributed by atoms with Crippen LogP contribution in [0.15, 0.2) is 79.1 Å². The van der Waals surface area contributed by atoms with Crippen LogP contribution in [-0.2, 0) is 4.74 Å². The number of amides is 1. The lowest BCUT2D eigenvalue weighted by molar-refractivity contribution is 0.0685. The molecule has 8 heteroatoms. The van der Waals surface area contributed by atoms with Crippen molar-refractivity contribution >= 4 is 11.8 Å². The summed E-state index contributed by atoms with van der Waals surface area (Å²) < 4.78 is 20.4. The number of nitrogens with zero attached hydrogens (tertiary/aromatic N) is 5. The summed E-state index contributed by atoms with van der Waals surface area (Å²) >= 11 is 0. The lowest BCUT2D eigenvalue weighted by atomic mass is 9.91. The predicted octanol–water partition coefficient (Wildman–Crippen LogP) is 5.69. The molecule has 1 amide bonds. The second-order valence-electron chi connectivity index (χ2n) is 8.64. The highest BCUT2D eigenvalue weighted by Crippen LogP contribution is 2.44. The van der Waals surface area contributed by atoms with E-state index in [9.17, 15) is 9.18 Å². The molecular formula is C27H20FN5O2. The maximum atomic E-state index is 14.7. The van der Waals surface area contributed by atoms with Gasteiger partial charge in [-0.1, -0.05) is 42.5 Å². The average Bonchev–Trinajstić information content (AvgIpc) is 3.12. The molecule has 1 aliphatic heterocycles. The maximum absolute atomic E-state index is 14.7. The molecule has 1 saturated heterocycles. The van der Waals surface area contributed by atoms with Crippen LogP contribution in [0, 0.1) is 17.3 Å². The van der Waals surface area contributed by atoms with E-state index in [1.807, 2.05) is 50.2 Å². The molecule has 172 valence electrons. The summed E-state index contributed by atoms with van der Waals surface area (Å²) in [5.74, 6) is -0.371. The molecule has 5 rings (SSSR count). The van der Waals surface area contributed by atoms with Gasteiger partial charge in [-0.25, -0.2) is 19.7 Å². The molecule has 0 aliphatic carbocycles. The van der Waals surface area contributed by atoms with Crippen LogP contribution in [-0.4, -0.2) is 26.6 Å². The molecule has 0 radical (unpaired) electrons. The van der Waals surface area contributed by atoms with Crippen LogP contribution < -0.4 is 4.90 Å². The van der Waals surface area contributed by atoms with Gasteiger partial charge in [-0.3, -0.25) is 4.90 Å². The first-order chi connectivity index (χ1) is 16.9. The zero-order chi connectivity index (χ0) is 24.6. The number of hydrogen-bond donors (Lipinski definition) is 0. The number of nitriles is 1. The smallest absolute Gasteiger partial charge is 0.415 e. The predicted molar refractivity (Wildman–Crippen MR) is 128 cm³/mol. The van der Waals surface area contributed by atoms with Crippen LogP contribution in [0.2, 0.25) is 0 Å². The van der Waals surface area contributed by atoms with Crippen molar-refractivity contribution in [3.05, 3.63) is 96.3 Å². The minimum atomic E-state index is -0.737. The Morgan fingerprint density at radius 1 is 1.03 bits per heavy atom. The molecule has 0 bridgehead atoms. The van der Waals surface area contributed by atoms with E-state index >= 15 is 0 Å². The molecule has 4 aromatic rings. The van der Waals surface area contributed by atoms with E-state index in [0.717, 1.165) is 5.56 Å². The molecule has 0 saturated carbocycles. The van der Waals surface area contributed by atoms with Gasteiger partial charge in [0.05, 0.1) is 0 Å². The van der Waals surface area contributed by atoms with Gasteiger partial charge >= 0.3 is 6.09 Å². The summed E-state index contributed by atoms with van der Waals surface area (Å²) in [5, 5.41) is 9.09. The number of carbonyl (C=O) groups excluding carboxylic acids is 1. The summed E-state index contributed by atoms with van der Waals surface area (Å²) in [6.45, 7) is 3.76. The van der Waals surface area contributed by atoms with E-state index in [1.54, 1.807) is 35.2 Å². The lowest BCUT2D eigenvalue weighted by Gasteiger charge is -2.29. The Morgan fingerprint density at radius 2 is 1.77 bits per heavy atom. The molecule has 0 N–H and O–H groups in total. The molecule has 2 aromatic heterocycles. The Morgan fingerprint density at radius 3 is 2.49 bits per heavy atom. The van der Waals surface area contributed by atoms with Crippen molar-refractivity contribution in [2.45, 2.75) is 25.5 Å². The topological polar surface area (TPSA) is 92.0 Å². The fourth-order valence-corrected chi connectivity index (χ4v) is 4.32. The van der Waals surface area contributed by atoms with E-state index in [4.69, 9.17) is 10.00 Å². The number of aromatic nitrogens is 3. The number of carbonyl (C=O) groups is 1. The summed E-state index contributed by atoms with van der Waals surface area (Å²) in [5.41, 5.74) is 2.36. The quantitative estimate of drug-likeness (QED) is 0.359. The maximum Gasteiger partial charge on any atom is 0.415 e. The van der Waals surface area contributed by atoms with Gasteiger partial charge < -0.3 is 4.74 Å². The number of pyridine rings is 1. The first-order valence-electron chi connectivity index (χ1n) is 10.9. The average molecular weight is 465 g/mol. The van der Waals surface area contributed by atoms with Gasteiger partial charge in [0, 0.05) is 29.2 Å². The van der Waals surface area contributed by atoms with Crippen molar-refractivity contribution in [2.24, 2.45) is 0 Å². The molecular weight excluding hydrogens is 445 g/mol. The highest BCUT2D eigenvalue weighted by molar-refractivity contribution is 5.92. The van der Waals surface area contributed by atoms with Crippen LogP contribution in [0.25, 0.3) is 22.5 Å². The Hall–Kier alpha value is -4.64. The molecule has 1 unspecified atom stereocenters. The van der Waals surface area contributed by atoms with E-state index in [1.165, 1.54) is 18.5 Å². The zero-order valence-electron chi connectivity index (χ0n) is 19.0. The summed E-state index contributed by atoms with van der Waals surface area (Å²) in [7, 11) is 0. The lowest BCUT2D eigenvalue weighted by Crippen LogP contribution is -2.33. The third-order valence-electron chi connectivity index (χ3n) is 5.90. The second kappa shape index (κ2) is 8.61. The molecule has 7 nitrogen and oxygen atoms in total. The minimum absolute atomic E-state index is 0.207. The van der Waals surface area contributed by atoms with Gasteiger partial charge in [-0.2, -0.15) is 9.65 Å². The second-order valence-corrected chi connectivity index (χ2v) is 8.64. The molecule has 2 aromatic carbocycles. The number of hydrogen-bond acceptors (Lipinski definition) is 6. The summed E-state index contributed by atoms with van der Waals surface area (Å²) in [4.78, 5) is 26.6. The molecule has 3 heterocycles. The molecule has 35 heavy (non-hydrogen) atoms. The Bertz CT molecular complexity index is 1450. The Labute approximate surface area is 201 Å². The van der Waals surface area contributed by atoms with Crippen LogP contribution in [0.3, 0.4) is 0 Å². The largest absolute Gasteiger partial charge is 0.441 e. The molecule has 1 atom stereocenters. The number of anilines is 1. The third-order valence-corrected chi connectivity index (χ3v) is 5.90. The van der Waals surface area contributed by atoms with Crippen molar-refractivity contribution in [1.29, 1.82) is 5.26 Å². The summed E-state index contributed by atoms with van der Waals surface area (Å²) in [6.07, 6.45) is 2.36. The van der Waals surface area contributed by atoms with Gasteiger partial charge in [0.25, 0.3) is 0 Å². The standard InChI is InChI=1S/C27H20FN5O2/c1-27(2)23(18-6-4-3-5-7-18)33(26(34)35-27)21-10-8-17(9-11-21)22-14-19(16-31-24(22)28)25-30-13-12-20(15-29)32-25/h3-14,16,23H,1-2H3. The van der Waals surface area contributed by atoms with Gasteiger partial charge in [0.15, 0.2) is 5.82 Å². The Kier molecular flexibility index (Phi) is 5.46. The number of halogens is 1. The normalized spacial score (nSPS) is 16.6. The number of benzene rings is 2. The van der Waals surface area contributed by atoms with Crippen LogP contribution in [0.4, 0.5) is 14.9 Å². The van der Waals surface area contributed by atoms with Gasteiger partial charge in [0.2, 0.25) is 5.95 Å². The molecule has 0 spiro atoms. The van der Waals surface area contributed by atoms with Crippen molar-refractivity contribution in [2.75, 3.05) is 4.90 Å². The van der Waals surface area contributed by atoms with Crippen molar-refractivity contribution in [3.8, 4) is 28.6 Å². The van der Waals surface area contributed by atoms with Crippen LogP contribution >= 0.6 is 0 Å². The van der Waals surface area contributed by atoms with Crippen molar-refractivity contribution in [3.63, 3.8) is 0 Å². The van der Waals surface area contributed by atoms with Crippen LogP contribution in [0.5, 0.6) is 0 Å². The number of cyclic esters (lactones) is 1. The van der Waals surface area contributed by atoms with E-state index in [-0.39, 0.29) is 23.1 Å². The highest BCUT2D eigenvalue weighted by Gasteiger charge is 2.49. The van der Waals surface area contributed by atoms with E-state index in [2.05, 4.69) is 15.0 Å². The highest BCUT2D eigenvalue weighted by atomic mass is 19.1. The SMILES string of the molecule is CC1(C)OC(=O)N(c2ccc(-c3cc(-c4nccc(C#N)n4)cnc3F)cc2)C1c1ccccc1. The summed E-state index contributed by atoms with van der Waals surface area (Å²) in [6, 6.07) is 21.4. The number of rotatable bonds is 4. The zero-order valence-corrected chi connectivity index (χ0v) is 19.0. The fourth-order valence-electron chi connectivity index (χ4n) is 4.32. The minimum Gasteiger partial charge on any atom is -0.441 e. The number of ether oxygens (including phenoxy) is 1. The Balaban J connectivity index is 1.50. The monoisotopic (exact) mass is 465 g/mol. The van der Waals surface area contributed by atoms with Gasteiger partial charge in [-0.15, -0.1) is 0 Å². The van der Waals surface area contributed by atoms with Crippen LogP contribution in [0.1, 0.15) is 31.1 Å². The van der Waals surface area contributed by atoms with Gasteiger partial charge in [-0.05, 0) is 49.2 Å². The molecule has 1 fully saturated rings. The van der Waals surface area contributed by atoms with E-state index in [0.29, 0.717) is 16.8 Å². The molecule has 1 aliphatic rings. The fraction of sp³-hybridized carbons (Fsp3) is 0.148.